The average molecular weight is 268 g/mol. The number of nitrogens with two attached hydrogens (primary N) is 1. The molecule has 0 bridgehead atoms. The van der Waals surface area contributed by atoms with E-state index in [1.54, 1.807) is 0 Å². The fourth-order valence-corrected chi connectivity index (χ4v) is 3.79. The summed E-state index contributed by atoms with van der Waals surface area (Å²) in [6, 6.07) is 0.773. The van der Waals surface area contributed by atoms with Crippen molar-refractivity contribution >= 4 is 0 Å². The van der Waals surface area contributed by atoms with Gasteiger partial charge in [-0.3, -0.25) is 0 Å². The maximum Gasteiger partial charge on any atom is 0.00927 e. The molecule has 2 N–H and O–H groups in total. The lowest BCUT2D eigenvalue weighted by Crippen LogP contribution is -2.46. The number of piperidine rings is 1. The molecule has 1 aliphatic heterocycles. The lowest BCUT2D eigenvalue weighted by Gasteiger charge is -2.41. The van der Waals surface area contributed by atoms with E-state index in [0.29, 0.717) is 0 Å². The van der Waals surface area contributed by atoms with E-state index < -0.39 is 0 Å². The summed E-state index contributed by atoms with van der Waals surface area (Å²) >= 11 is 0. The Labute approximate surface area is 121 Å². The summed E-state index contributed by atoms with van der Waals surface area (Å²) in [5.74, 6) is 2.60. The highest BCUT2D eigenvalue weighted by Gasteiger charge is 2.28. The molecule has 19 heavy (non-hydrogen) atoms. The molecule has 0 aromatic heterocycles. The smallest absolute Gasteiger partial charge is 0.00927 e. The van der Waals surface area contributed by atoms with E-state index >= 15 is 0 Å². The van der Waals surface area contributed by atoms with Gasteiger partial charge in [-0.25, -0.2) is 0 Å². The first-order valence-corrected chi connectivity index (χ1v) is 8.52. The Hall–Kier alpha value is -0.0800. The van der Waals surface area contributed by atoms with Gasteiger partial charge in [0.2, 0.25) is 0 Å². The molecule has 1 rings (SSSR count). The third-order valence-electron chi connectivity index (χ3n) is 5.05. The number of hydrogen-bond acceptors (Lipinski definition) is 2. The van der Waals surface area contributed by atoms with Crippen LogP contribution in [0.3, 0.4) is 0 Å². The predicted molar refractivity (Wildman–Crippen MR) is 85.3 cm³/mol. The van der Waals surface area contributed by atoms with Crippen molar-refractivity contribution in [2.75, 3.05) is 19.6 Å². The first-order valence-electron chi connectivity index (χ1n) is 8.52. The van der Waals surface area contributed by atoms with Gasteiger partial charge in [-0.15, -0.1) is 0 Å². The maximum absolute atomic E-state index is 5.72. The van der Waals surface area contributed by atoms with Crippen LogP contribution in [0.4, 0.5) is 0 Å². The Bertz CT molecular complexity index is 223. The average Bonchev–Trinajstić information content (AvgIpc) is 2.35. The second kappa shape index (κ2) is 8.97. The number of likely N-dealkylation sites (tertiary alicyclic amines) is 1. The van der Waals surface area contributed by atoms with Gasteiger partial charge in [-0.05, 0) is 63.5 Å². The number of rotatable bonds is 8. The maximum atomic E-state index is 5.72. The third kappa shape index (κ3) is 5.83. The Morgan fingerprint density at radius 3 is 2.53 bits per heavy atom. The molecule has 0 aliphatic carbocycles. The summed E-state index contributed by atoms with van der Waals surface area (Å²) in [7, 11) is 0. The van der Waals surface area contributed by atoms with Crippen LogP contribution in [0.2, 0.25) is 0 Å². The molecule has 114 valence electrons. The van der Waals surface area contributed by atoms with E-state index in [0.717, 1.165) is 30.3 Å². The van der Waals surface area contributed by atoms with E-state index in [1.807, 2.05) is 0 Å². The minimum Gasteiger partial charge on any atom is -0.330 e. The van der Waals surface area contributed by atoms with Gasteiger partial charge < -0.3 is 10.6 Å². The molecule has 1 fully saturated rings. The molecule has 4 unspecified atom stereocenters. The summed E-state index contributed by atoms with van der Waals surface area (Å²) in [5, 5.41) is 0. The van der Waals surface area contributed by atoms with Crippen LogP contribution in [0.15, 0.2) is 0 Å². The summed E-state index contributed by atoms with van der Waals surface area (Å²) in [4.78, 5) is 2.73. The van der Waals surface area contributed by atoms with Crippen LogP contribution in [0, 0.1) is 17.8 Å². The van der Waals surface area contributed by atoms with Gasteiger partial charge in [0.05, 0.1) is 0 Å². The van der Waals surface area contributed by atoms with Gasteiger partial charge in [0.15, 0.2) is 0 Å². The predicted octanol–water partition coefficient (Wildman–Crippen LogP) is 3.90. The Balaban J connectivity index is 2.30. The Kier molecular flexibility index (Phi) is 8.01. The standard InChI is InChI=1S/C17H36N2/c1-5-7-17(9-10-18)8-6-11-19-13-14(2)12-15(3)16(19)4/h14-17H,5-13,18H2,1-4H3. The highest BCUT2D eigenvalue weighted by Crippen LogP contribution is 2.27. The van der Waals surface area contributed by atoms with Crippen molar-refractivity contribution < 1.29 is 0 Å². The van der Waals surface area contributed by atoms with Crippen LogP contribution in [-0.2, 0) is 0 Å². The van der Waals surface area contributed by atoms with Gasteiger partial charge in [0, 0.05) is 12.6 Å². The number of nitrogens with zero attached hydrogens (tertiary/aromatic N) is 1. The van der Waals surface area contributed by atoms with Gasteiger partial charge in [0.1, 0.15) is 0 Å². The van der Waals surface area contributed by atoms with Crippen LogP contribution in [-0.4, -0.2) is 30.6 Å². The van der Waals surface area contributed by atoms with Crippen molar-refractivity contribution in [2.45, 2.75) is 72.3 Å². The van der Waals surface area contributed by atoms with E-state index in [-0.39, 0.29) is 0 Å². The van der Waals surface area contributed by atoms with Crippen LogP contribution in [0.1, 0.15) is 66.2 Å². The summed E-state index contributed by atoms with van der Waals surface area (Å²) in [5.41, 5.74) is 5.72. The van der Waals surface area contributed by atoms with Gasteiger partial charge >= 0.3 is 0 Å². The molecule has 1 heterocycles. The fourth-order valence-electron chi connectivity index (χ4n) is 3.79. The fraction of sp³-hybridized carbons (Fsp3) is 1.00. The Morgan fingerprint density at radius 2 is 1.89 bits per heavy atom. The van der Waals surface area contributed by atoms with Crippen molar-refractivity contribution in [1.82, 2.24) is 4.90 Å². The zero-order valence-corrected chi connectivity index (χ0v) is 13.7. The topological polar surface area (TPSA) is 29.3 Å². The molecular weight excluding hydrogens is 232 g/mol. The molecule has 0 aromatic rings. The number of hydrogen-bond donors (Lipinski definition) is 1. The van der Waals surface area contributed by atoms with Crippen molar-refractivity contribution in [2.24, 2.45) is 23.5 Å². The van der Waals surface area contributed by atoms with Crippen molar-refractivity contribution in [3.8, 4) is 0 Å². The van der Waals surface area contributed by atoms with Crippen molar-refractivity contribution in [1.29, 1.82) is 0 Å². The summed E-state index contributed by atoms with van der Waals surface area (Å²) < 4.78 is 0. The molecule has 1 saturated heterocycles. The van der Waals surface area contributed by atoms with Crippen molar-refractivity contribution in [3.63, 3.8) is 0 Å². The minimum absolute atomic E-state index is 0.773. The lowest BCUT2D eigenvalue weighted by atomic mass is 9.85. The van der Waals surface area contributed by atoms with Crippen LogP contribution in [0.5, 0.6) is 0 Å². The van der Waals surface area contributed by atoms with E-state index in [4.69, 9.17) is 5.73 Å². The second-order valence-corrected chi connectivity index (χ2v) is 6.93. The lowest BCUT2D eigenvalue weighted by molar-refractivity contribution is 0.0767. The molecule has 1 aliphatic rings. The van der Waals surface area contributed by atoms with Gasteiger partial charge in [-0.1, -0.05) is 33.6 Å². The van der Waals surface area contributed by atoms with E-state index in [2.05, 4.69) is 32.6 Å². The normalized spacial score (nSPS) is 30.5. The Morgan fingerprint density at radius 1 is 1.16 bits per heavy atom. The molecule has 0 spiro atoms. The molecule has 0 saturated carbocycles. The molecule has 0 radical (unpaired) electrons. The largest absolute Gasteiger partial charge is 0.330 e. The quantitative estimate of drug-likeness (QED) is 0.723. The third-order valence-corrected chi connectivity index (χ3v) is 5.05. The highest BCUT2D eigenvalue weighted by atomic mass is 15.2. The molecule has 0 amide bonds. The van der Waals surface area contributed by atoms with Crippen molar-refractivity contribution in [3.05, 3.63) is 0 Å². The van der Waals surface area contributed by atoms with Gasteiger partial charge in [0.25, 0.3) is 0 Å². The van der Waals surface area contributed by atoms with E-state index in [1.165, 1.54) is 51.6 Å². The zero-order valence-electron chi connectivity index (χ0n) is 13.7. The molecule has 0 aromatic carbocycles. The zero-order chi connectivity index (χ0) is 14.3. The van der Waals surface area contributed by atoms with Crippen LogP contribution >= 0.6 is 0 Å². The first-order chi connectivity index (χ1) is 9.08. The van der Waals surface area contributed by atoms with Gasteiger partial charge in [-0.2, -0.15) is 0 Å². The summed E-state index contributed by atoms with van der Waals surface area (Å²) in [6.07, 6.45) is 8.02. The molecule has 2 nitrogen and oxygen atoms in total. The van der Waals surface area contributed by atoms with Crippen LogP contribution < -0.4 is 5.73 Å². The molecule has 2 heteroatoms. The van der Waals surface area contributed by atoms with Crippen LogP contribution in [0.25, 0.3) is 0 Å². The monoisotopic (exact) mass is 268 g/mol. The molecular formula is C17H36N2. The first kappa shape index (κ1) is 17.0. The SMILES string of the molecule is CCCC(CCN)CCCN1CC(C)CC(C)C1C. The van der Waals surface area contributed by atoms with E-state index in [9.17, 15) is 0 Å². The minimum atomic E-state index is 0.773. The second-order valence-electron chi connectivity index (χ2n) is 6.93. The summed E-state index contributed by atoms with van der Waals surface area (Å²) in [6.45, 7) is 13.0. The molecule has 4 atom stereocenters. The highest BCUT2D eigenvalue weighted by molar-refractivity contribution is 4.81.